The molecule has 0 fully saturated rings. The van der Waals surface area contributed by atoms with Gasteiger partial charge in [0.1, 0.15) is 6.29 Å². The molecule has 1 amide bonds. The number of nitrogens with one attached hydrogen (secondary N) is 2. The maximum atomic E-state index is 11.0. The number of thioether (sulfide) groups is 1. The van der Waals surface area contributed by atoms with E-state index in [9.17, 15) is 4.79 Å². The highest BCUT2D eigenvalue weighted by atomic mass is 32.2. The lowest BCUT2D eigenvalue weighted by atomic mass is 10.5. The Morgan fingerprint density at radius 3 is 3.06 bits per heavy atom. The predicted molar refractivity (Wildman–Crippen MR) is 72.7 cm³/mol. The smallest absolute Gasteiger partial charge is 0.220 e. The Bertz CT molecular complexity index is 355. The van der Waals surface area contributed by atoms with Gasteiger partial charge in [-0.2, -0.15) is 11.8 Å². The summed E-state index contributed by atoms with van der Waals surface area (Å²) in [6, 6.07) is 0. The van der Waals surface area contributed by atoms with Crippen molar-refractivity contribution in [2.24, 2.45) is 11.5 Å². The molecule has 96 valence electrons. The molecule has 17 heavy (non-hydrogen) atoms. The number of carbonyl (C=O) groups excluding carboxylic acids is 1. The fraction of sp³-hybridized carbons (Fsp3) is 0.556. The monoisotopic (exact) mass is 275 g/mol. The number of rotatable bonds is 7. The van der Waals surface area contributed by atoms with Gasteiger partial charge < -0.3 is 10.6 Å². The van der Waals surface area contributed by atoms with Gasteiger partial charge >= 0.3 is 0 Å². The third-order valence-electron chi connectivity index (χ3n) is 1.84. The number of nitrogens with zero attached hydrogens (tertiary/aromatic N) is 1. The fourth-order valence-corrected chi connectivity index (χ4v) is 2.74. The molecule has 1 aromatic heterocycles. The average molecular weight is 275 g/mol. The summed E-state index contributed by atoms with van der Waals surface area (Å²) in [5.74, 6) is 1.64. The van der Waals surface area contributed by atoms with Gasteiger partial charge in [0.15, 0.2) is 5.13 Å². The van der Waals surface area contributed by atoms with Crippen molar-refractivity contribution in [2.45, 2.75) is 18.5 Å². The van der Waals surface area contributed by atoms with E-state index in [1.807, 2.05) is 5.38 Å². The normalized spacial score (nSPS) is 10.6. The lowest BCUT2D eigenvalue weighted by molar-refractivity contribution is -0.120. The van der Waals surface area contributed by atoms with E-state index in [-0.39, 0.29) is 5.91 Å². The van der Waals surface area contributed by atoms with Crippen LogP contribution >= 0.6 is 23.1 Å². The molecule has 1 rings (SSSR count). The van der Waals surface area contributed by atoms with Crippen LogP contribution in [-0.2, 0) is 10.5 Å². The molecule has 0 aliphatic carbocycles. The van der Waals surface area contributed by atoms with E-state index in [0.717, 1.165) is 22.3 Å². The largest absolute Gasteiger partial charge is 0.359 e. The molecule has 0 bridgehead atoms. The van der Waals surface area contributed by atoms with Crippen molar-refractivity contribution in [3.63, 3.8) is 0 Å². The van der Waals surface area contributed by atoms with Gasteiger partial charge in [-0.05, 0) is 0 Å². The highest BCUT2D eigenvalue weighted by molar-refractivity contribution is 7.98. The van der Waals surface area contributed by atoms with Crippen LogP contribution in [0.2, 0.25) is 0 Å². The van der Waals surface area contributed by atoms with Gasteiger partial charge in [-0.25, -0.2) is 4.98 Å². The van der Waals surface area contributed by atoms with Crippen LogP contribution in [0, 0.1) is 0 Å². The van der Waals surface area contributed by atoms with Crippen LogP contribution in [0.4, 0.5) is 5.13 Å². The van der Waals surface area contributed by atoms with Crippen molar-refractivity contribution < 1.29 is 4.79 Å². The first-order valence-corrected chi connectivity index (χ1v) is 7.15. The lowest BCUT2D eigenvalue weighted by Crippen LogP contribution is -2.38. The predicted octanol–water partition coefficient (Wildman–Crippen LogP) is 0.125. The number of hydrogen-bond donors (Lipinski definition) is 4. The van der Waals surface area contributed by atoms with Crippen LogP contribution in [0.5, 0.6) is 0 Å². The van der Waals surface area contributed by atoms with E-state index in [2.05, 4.69) is 15.6 Å². The van der Waals surface area contributed by atoms with Crippen molar-refractivity contribution in [3.05, 3.63) is 11.1 Å². The first-order chi connectivity index (χ1) is 8.11. The minimum Gasteiger partial charge on any atom is -0.359 e. The van der Waals surface area contributed by atoms with Crippen LogP contribution in [0.15, 0.2) is 5.38 Å². The minimum atomic E-state index is -0.588. The van der Waals surface area contributed by atoms with E-state index < -0.39 is 6.29 Å². The molecule has 6 N–H and O–H groups in total. The molecule has 0 aliphatic heterocycles. The SMILES string of the molecule is CNC(=O)CCSCc1csc(NC(N)N)n1. The Morgan fingerprint density at radius 2 is 2.41 bits per heavy atom. The minimum absolute atomic E-state index is 0.0623. The summed E-state index contributed by atoms with van der Waals surface area (Å²) in [5, 5.41) is 8.10. The molecule has 1 aromatic rings. The second kappa shape index (κ2) is 7.49. The molecule has 6 nitrogen and oxygen atoms in total. The molecule has 0 saturated heterocycles. The summed E-state index contributed by atoms with van der Waals surface area (Å²) in [7, 11) is 1.64. The number of hydrogen-bond acceptors (Lipinski definition) is 7. The Morgan fingerprint density at radius 1 is 1.65 bits per heavy atom. The van der Waals surface area contributed by atoms with Gasteiger partial charge in [-0.15, -0.1) is 11.3 Å². The van der Waals surface area contributed by atoms with E-state index in [0.29, 0.717) is 6.42 Å². The van der Waals surface area contributed by atoms with Crippen LogP contribution < -0.4 is 22.1 Å². The van der Waals surface area contributed by atoms with E-state index >= 15 is 0 Å². The molecule has 0 aliphatic rings. The molecule has 0 atom stereocenters. The van der Waals surface area contributed by atoms with E-state index in [1.54, 1.807) is 18.8 Å². The first-order valence-electron chi connectivity index (χ1n) is 5.12. The topological polar surface area (TPSA) is 106 Å². The number of aromatic nitrogens is 1. The summed E-state index contributed by atoms with van der Waals surface area (Å²) in [6.45, 7) is 0. The quantitative estimate of drug-likeness (QED) is 0.416. The Hall–Kier alpha value is -0.830. The van der Waals surface area contributed by atoms with Crippen molar-refractivity contribution in [2.75, 3.05) is 18.1 Å². The highest BCUT2D eigenvalue weighted by Crippen LogP contribution is 2.19. The third-order valence-corrected chi connectivity index (χ3v) is 3.66. The number of thiazole rings is 1. The number of carbonyl (C=O) groups is 1. The van der Waals surface area contributed by atoms with Crippen molar-refractivity contribution in [1.82, 2.24) is 10.3 Å². The molecular formula is C9H17N5OS2. The van der Waals surface area contributed by atoms with Gasteiger partial charge in [0.2, 0.25) is 5.91 Å². The van der Waals surface area contributed by atoms with Gasteiger partial charge in [0.25, 0.3) is 0 Å². The Kier molecular flexibility index (Phi) is 6.27. The summed E-state index contributed by atoms with van der Waals surface area (Å²) < 4.78 is 0. The average Bonchev–Trinajstić information content (AvgIpc) is 2.70. The first kappa shape index (κ1) is 14.2. The number of anilines is 1. The molecule has 1 heterocycles. The molecular weight excluding hydrogens is 258 g/mol. The van der Waals surface area contributed by atoms with E-state index in [4.69, 9.17) is 11.5 Å². The van der Waals surface area contributed by atoms with Gasteiger partial charge in [-0.1, -0.05) is 0 Å². The zero-order chi connectivity index (χ0) is 12.7. The Balaban J connectivity index is 2.23. The summed E-state index contributed by atoms with van der Waals surface area (Å²) in [6.07, 6.45) is -0.0562. The van der Waals surface area contributed by atoms with Crippen molar-refractivity contribution >= 4 is 34.1 Å². The molecule has 0 aromatic carbocycles. The van der Waals surface area contributed by atoms with E-state index in [1.165, 1.54) is 11.3 Å². The molecule has 0 radical (unpaired) electrons. The molecule has 0 unspecified atom stereocenters. The van der Waals surface area contributed by atoms with Crippen molar-refractivity contribution in [1.29, 1.82) is 0 Å². The van der Waals surface area contributed by atoms with Crippen LogP contribution in [0.1, 0.15) is 12.1 Å². The second-order valence-corrected chi connectivity index (χ2v) is 5.25. The second-order valence-electron chi connectivity index (χ2n) is 3.29. The van der Waals surface area contributed by atoms with Gasteiger partial charge in [-0.3, -0.25) is 16.3 Å². The summed E-state index contributed by atoms with van der Waals surface area (Å²) in [4.78, 5) is 15.3. The third kappa shape index (κ3) is 5.87. The maximum absolute atomic E-state index is 11.0. The molecule has 0 saturated carbocycles. The molecule has 0 spiro atoms. The Labute approximate surface area is 109 Å². The van der Waals surface area contributed by atoms with Crippen LogP contribution in [-0.4, -0.2) is 30.0 Å². The fourth-order valence-electron chi connectivity index (χ4n) is 1.05. The summed E-state index contributed by atoms with van der Waals surface area (Å²) >= 11 is 3.15. The number of amides is 1. The highest BCUT2D eigenvalue weighted by Gasteiger charge is 2.04. The van der Waals surface area contributed by atoms with Crippen LogP contribution in [0.3, 0.4) is 0 Å². The standard InChI is InChI=1S/C9H17N5OS2/c1-12-7(15)2-3-16-4-6-5-17-9(13-6)14-8(10)11/h5,8H,2-4,10-11H2,1H3,(H,12,15)(H,13,14). The zero-order valence-electron chi connectivity index (χ0n) is 9.60. The summed E-state index contributed by atoms with van der Waals surface area (Å²) in [5.41, 5.74) is 11.7. The van der Waals surface area contributed by atoms with Crippen LogP contribution in [0.25, 0.3) is 0 Å². The maximum Gasteiger partial charge on any atom is 0.220 e. The molecule has 8 heteroatoms. The van der Waals surface area contributed by atoms with Gasteiger partial charge in [0, 0.05) is 30.4 Å². The zero-order valence-corrected chi connectivity index (χ0v) is 11.2. The lowest BCUT2D eigenvalue weighted by Gasteiger charge is -2.04. The van der Waals surface area contributed by atoms with Crippen molar-refractivity contribution in [3.8, 4) is 0 Å². The number of nitrogens with two attached hydrogens (primary N) is 2. The van der Waals surface area contributed by atoms with Gasteiger partial charge in [0.05, 0.1) is 5.69 Å².